The number of hydrogen-bond acceptors (Lipinski definition) is 2. The summed E-state index contributed by atoms with van der Waals surface area (Å²) in [5.41, 5.74) is 0.102. The molecule has 0 saturated carbocycles. The molecule has 98 valence electrons. The summed E-state index contributed by atoms with van der Waals surface area (Å²) in [5.74, 6) is -1.40. The Hall–Kier alpha value is -1.43. The predicted molar refractivity (Wildman–Crippen MR) is 59.6 cm³/mol. The first kappa shape index (κ1) is 13.0. The first-order valence-corrected chi connectivity index (χ1v) is 5.60. The van der Waals surface area contributed by atoms with Gasteiger partial charge in [0.2, 0.25) is 5.91 Å². The topological polar surface area (TPSA) is 29.5 Å². The van der Waals surface area contributed by atoms with Crippen molar-refractivity contribution >= 4 is 23.2 Å². The lowest BCUT2D eigenvalue weighted by Gasteiger charge is -2.19. The molecule has 0 N–H and O–H groups in total. The lowest BCUT2D eigenvalue weighted by molar-refractivity contribution is -0.117. The number of rotatable bonds is 3. The molecule has 0 bridgehead atoms. The molecule has 1 heterocycles. The number of nitrogens with zero attached hydrogens (tertiary/aromatic N) is 1. The molecule has 1 aromatic rings. The zero-order valence-electron chi connectivity index (χ0n) is 9.08. The van der Waals surface area contributed by atoms with Crippen molar-refractivity contribution in [1.29, 1.82) is 0 Å². The Kier molecular flexibility index (Phi) is 3.65. The van der Waals surface area contributed by atoms with E-state index in [4.69, 9.17) is 11.6 Å². The number of halogens is 4. The molecule has 1 aliphatic heterocycles. The van der Waals surface area contributed by atoms with Crippen molar-refractivity contribution in [2.45, 2.75) is 18.4 Å². The first-order chi connectivity index (χ1) is 8.47. The molecule has 18 heavy (non-hydrogen) atoms. The highest BCUT2D eigenvalue weighted by molar-refractivity contribution is 6.24. The zero-order chi connectivity index (χ0) is 13.3. The van der Waals surface area contributed by atoms with Gasteiger partial charge in [-0.05, 0) is 12.1 Å². The number of ether oxygens (including phenoxy) is 1. The molecule has 1 unspecified atom stereocenters. The second kappa shape index (κ2) is 5.06. The van der Waals surface area contributed by atoms with Gasteiger partial charge in [-0.15, -0.1) is 11.6 Å². The lowest BCUT2D eigenvalue weighted by atomic mass is 10.2. The number of hydrogen-bond donors (Lipinski definition) is 0. The van der Waals surface area contributed by atoms with E-state index in [-0.39, 0.29) is 35.7 Å². The Morgan fingerprint density at radius 3 is 2.72 bits per heavy atom. The summed E-state index contributed by atoms with van der Waals surface area (Å²) in [6.07, 6.45) is 0.118. The minimum absolute atomic E-state index is 0.102. The summed E-state index contributed by atoms with van der Waals surface area (Å²) < 4.78 is 41.7. The van der Waals surface area contributed by atoms with Crippen LogP contribution in [0.5, 0.6) is 5.75 Å². The number of alkyl halides is 3. The third-order valence-corrected chi connectivity index (χ3v) is 2.80. The smallest absolute Gasteiger partial charge is 0.387 e. The third-order valence-electron chi connectivity index (χ3n) is 2.51. The molecular weight excluding hydrogens is 271 g/mol. The average molecular weight is 280 g/mol. The van der Waals surface area contributed by atoms with E-state index in [0.717, 1.165) is 12.1 Å². The Morgan fingerprint density at radius 1 is 1.44 bits per heavy atom. The molecule has 7 heteroatoms. The van der Waals surface area contributed by atoms with Crippen molar-refractivity contribution in [3.63, 3.8) is 0 Å². The van der Waals surface area contributed by atoms with E-state index in [0.29, 0.717) is 0 Å². The van der Waals surface area contributed by atoms with Gasteiger partial charge in [0.15, 0.2) is 5.75 Å². The van der Waals surface area contributed by atoms with E-state index in [1.54, 1.807) is 0 Å². The van der Waals surface area contributed by atoms with Crippen LogP contribution in [0.3, 0.4) is 0 Å². The highest BCUT2D eigenvalue weighted by atomic mass is 35.5. The summed E-state index contributed by atoms with van der Waals surface area (Å²) in [6, 6.07) is 3.11. The molecule has 0 aromatic heterocycles. The number of anilines is 1. The van der Waals surface area contributed by atoms with Crippen molar-refractivity contribution < 1.29 is 22.7 Å². The van der Waals surface area contributed by atoms with Gasteiger partial charge in [-0.25, -0.2) is 4.39 Å². The monoisotopic (exact) mass is 279 g/mol. The maximum atomic E-state index is 13.0. The molecule has 1 amide bonds. The minimum atomic E-state index is -3.09. The van der Waals surface area contributed by atoms with Crippen LogP contribution in [0, 0.1) is 5.82 Å². The molecule has 1 aromatic carbocycles. The molecule has 0 spiro atoms. The molecular formula is C11H9ClF3NO2. The van der Waals surface area contributed by atoms with Crippen LogP contribution in [0.25, 0.3) is 0 Å². The Balaban J connectivity index is 2.34. The molecule has 1 saturated heterocycles. The lowest BCUT2D eigenvalue weighted by Crippen LogP contribution is -2.25. The van der Waals surface area contributed by atoms with Gasteiger partial charge in [0.05, 0.1) is 11.1 Å². The van der Waals surface area contributed by atoms with Gasteiger partial charge in [0.1, 0.15) is 5.82 Å². The quantitative estimate of drug-likeness (QED) is 0.796. The summed E-state index contributed by atoms with van der Waals surface area (Å²) in [4.78, 5) is 12.8. The van der Waals surface area contributed by atoms with Gasteiger partial charge in [-0.3, -0.25) is 4.79 Å². The van der Waals surface area contributed by atoms with E-state index < -0.39 is 12.4 Å². The number of carbonyl (C=O) groups is 1. The van der Waals surface area contributed by atoms with Gasteiger partial charge in [0, 0.05) is 19.0 Å². The van der Waals surface area contributed by atoms with Gasteiger partial charge in [-0.1, -0.05) is 0 Å². The van der Waals surface area contributed by atoms with E-state index in [1.165, 1.54) is 11.0 Å². The van der Waals surface area contributed by atoms with Gasteiger partial charge in [-0.2, -0.15) is 8.78 Å². The molecule has 2 rings (SSSR count). The van der Waals surface area contributed by atoms with Crippen molar-refractivity contribution in [2.75, 3.05) is 11.4 Å². The van der Waals surface area contributed by atoms with Crippen LogP contribution in [-0.2, 0) is 4.79 Å². The van der Waals surface area contributed by atoms with Crippen LogP contribution in [0.2, 0.25) is 0 Å². The first-order valence-electron chi connectivity index (χ1n) is 5.16. The largest absolute Gasteiger partial charge is 0.432 e. The highest BCUT2D eigenvalue weighted by Crippen LogP contribution is 2.34. The summed E-state index contributed by atoms with van der Waals surface area (Å²) >= 11 is 5.82. The van der Waals surface area contributed by atoms with Crippen molar-refractivity contribution in [3.05, 3.63) is 24.0 Å². The summed E-state index contributed by atoms with van der Waals surface area (Å²) in [6.45, 7) is -2.90. The fraction of sp³-hybridized carbons (Fsp3) is 0.364. The molecule has 1 fully saturated rings. The van der Waals surface area contributed by atoms with Crippen molar-refractivity contribution in [3.8, 4) is 5.75 Å². The second-order valence-corrected chi connectivity index (χ2v) is 4.41. The maximum Gasteiger partial charge on any atom is 0.387 e. The van der Waals surface area contributed by atoms with Crippen LogP contribution in [0.4, 0.5) is 18.9 Å². The normalized spacial score (nSPS) is 19.7. The highest BCUT2D eigenvalue weighted by Gasteiger charge is 2.31. The van der Waals surface area contributed by atoms with E-state index in [9.17, 15) is 18.0 Å². The average Bonchev–Trinajstić information content (AvgIpc) is 2.57. The summed E-state index contributed by atoms with van der Waals surface area (Å²) in [7, 11) is 0. The molecule has 1 atom stereocenters. The standard InChI is InChI=1S/C11H9ClF3NO2/c12-6-3-10(17)16(5-6)8-2-1-7(13)4-9(8)18-11(14)15/h1-2,4,6,11H,3,5H2. The third kappa shape index (κ3) is 2.69. The van der Waals surface area contributed by atoms with Crippen LogP contribution in [-0.4, -0.2) is 24.4 Å². The van der Waals surface area contributed by atoms with Crippen LogP contribution < -0.4 is 9.64 Å². The van der Waals surface area contributed by atoms with E-state index in [2.05, 4.69) is 4.74 Å². The maximum absolute atomic E-state index is 13.0. The predicted octanol–water partition coefficient (Wildman–Crippen LogP) is 2.77. The molecule has 1 aliphatic rings. The minimum Gasteiger partial charge on any atom is -0.432 e. The van der Waals surface area contributed by atoms with Gasteiger partial charge in [0.25, 0.3) is 0 Å². The molecule has 3 nitrogen and oxygen atoms in total. The fourth-order valence-corrected chi connectivity index (χ4v) is 2.07. The van der Waals surface area contributed by atoms with E-state index in [1.807, 2.05) is 0 Å². The SMILES string of the molecule is O=C1CC(Cl)CN1c1ccc(F)cc1OC(F)F. The number of benzene rings is 1. The van der Waals surface area contributed by atoms with Crippen molar-refractivity contribution in [1.82, 2.24) is 0 Å². The zero-order valence-corrected chi connectivity index (χ0v) is 9.83. The number of carbonyl (C=O) groups excluding carboxylic acids is 1. The molecule has 0 radical (unpaired) electrons. The fourth-order valence-electron chi connectivity index (χ4n) is 1.80. The number of amides is 1. The summed E-state index contributed by atoms with van der Waals surface area (Å²) in [5, 5.41) is -0.387. The molecule has 0 aliphatic carbocycles. The van der Waals surface area contributed by atoms with Crippen LogP contribution in [0.1, 0.15) is 6.42 Å². The van der Waals surface area contributed by atoms with Gasteiger partial charge < -0.3 is 9.64 Å². The van der Waals surface area contributed by atoms with Gasteiger partial charge >= 0.3 is 6.61 Å². The Morgan fingerprint density at radius 2 is 2.17 bits per heavy atom. The van der Waals surface area contributed by atoms with Crippen molar-refractivity contribution in [2.24, 2.45) is 0 Å². The van der Waals surface area contributed by atoms with Crippen LogP contribution in [0.15, 0.2) is 18.2 Å². The second-order valence-electron chi connectivity index (χ2n) is 3.80. The Labute approximate surface area is 106 Å². The van der Waals surface area contributed by atoms with E-state index >= 15 is 0 Å². The Bertz CT molecular complexity index is 470. The van der Waals surface area contributed by atoms with Crippen LogP contribution >= 0.6 is 11.6 Å².